The maximum Gasteiger partial charge on any atom is 0.124 e. The topological polar surface area (TPSA) is 67.7 Å². The number of nitrogens with two attached hydrogens (primary N) is 2. The highest BCUT2D eigenvalue weighted by atomic mass is 16.6. The number of hydrogen-bond acceptors (Lipinski definition) is 5. The first-order chi connectivity index (χ1) is 8.84. The summed E-state index contributed by atoms with van der Waals surface area (Å²) < 4.78 is 6.62. The largest absolute Gasteiger partial charge is 0.339 e. The summed E-state index contributed by atoms with van der Waals surface area (Å²) in [5.74, 6) is 0. The normalized spacial score (nSPS) is 18.6. The van der Waals surface area contributed by atoms with Crippen LogP contribution in [0, 0.1) is 0 Å². The van der Waals surface area contributed by atoms with E-state index in [2.05, 4.69) is 51.8 Å². The molecule has 0 aliphatic rings. The fourth-order valence-electron chi connectivity index (χ4n) is 2.67. The Kier molecular flexibility index (Phi) is 8.08. The molecule has 5 heteroatoms. The third-order valence-electron chi connectivity index (χ3n) is 4.18. The molecule has 0 aromatic heterocycles. The fourth-order valence-corrected chi connectivity index (χ4v) is 2.67. The van der Waals surface area contributed by atoms with Gasteiger partial charge in [0.1, 0.15) is 11.4 Å². The van der Waals surface area contributed by atoms with Crippen LogP contribution in [0.1, 0.15) is 39.5 Å². The molecule has 0 bridgehead atoms. The first-order valence-corrected chi connectivity index (χ1v) is 7.29. The lowest BCUT2D eigenvalue weighted by Gasteiger charge is -2.49. The van der Waals surface area contributed by atoms with Crippen molar-refractivity contribution >= 4 is 0 Å². The Morgan fingerprint density at radius 2 is 1.11 bits per heavy atom. The highest BCUT2D eigenvalue weighted by Gasteiger charge is 2.42. The van der Waals surface area contributed by atoms with Crippen molar-refractivity contribution in [1.29, 1.82) is 0 Å². The zero-order chi connectivity index (χ0) is 15.1. The minimum atomic E-state index is -0.329. The molecular weight excluding hydrogens is 240 g/mol. The molecule has 5 nitrogen and oxygen atoms in total. The van der Waals surface area contributed by atoms with E-state index in [1.807, 2.05) is 0 Å². The lowest BCUT2D eigenvalue weighted by molar-refractivity contribution is -0.268. The van der Waals surface area contributed by atoms with Crippen molar-refractivity contribution in [3.8, 4) is 0 Å². The number of ether oxygens (including phenoxy) is 1. The van der Waals surface area contributed by atoms with E-state index in [1.165, 1.54) is 0 Å². The predicted molar refractivity (Wildman–Crippen MR) is 81.8 cm³/mol. The smallest absolute Gasteiger partial charge is 0.124 e. The lowest BCUT2D eigenvalue weighted by atomic mass is 10.00. The van der Waals surface area contributed by atoms with Gasteiger partial charge >= 0.3 is 0 Å². The Morgan fingerprint density at radius 1 is 0.789 bits per heavy atom. The van der Waals surface area contributed by atoms with E-state index in [-0.39, 0.29) is 11.4 Å². The van der Waals surface area contributed by atoms with Crippen LogP contribution >= 0.6 is 0 Å². The second kappa shape index (κ2) is 8.17. The SMILES string of the molecule is CCC(CCN)(OC(CC)(CCN)N(C)C)N(C)C. The minimum Gasteiger partial charge on any atom is -0.339 e. The average molecular weight is 274 g/mol. The molecule has 0 aliphatic heterocycles. The second-order valence-electron chi connectivity index (χ2n) is 5.57. The van der Waals surface area contributed by atoms with Crippen molar-refractivity contribution < 1.29 is 4.74 Å². The molecule has 116 valence electrons. The molecule has 0 radical (unpaired) electrons. The van der Waals surface area contributed by atoms with Gasteiger partial charge in [-0.15, -0.1) is 0 Å². The summed E-state index contributed by atoms with van der Waals surface area (Å²) in [5, 5.41) is 0. The molecular formula is C14H34N4O. The predicted octanol–water partition coefficient (Wildman–Crippen LogP) is 1.04. The summed E-state index contributed by atoms with van der Waals surface area (Å²) in [6, 6.07) is 0. The molecule has 0 heterocycles. The molecule has 19 heavy (non-hydrogen) atoms. The van der Waals surface area contributed by atoms with E-state index >= 15 is 0 Å². The van der Waals surface area contributed by atoms with Crippen molar-refractivity contribution in [2.24, 2.45) is 11.5 Å². The Labute approximate surface area is 119 Å². The van der Waals surface area contributed by atoms with Crippen LogP contribution in [0.2, 0.25) is 0 Å². The minimum absolute atomic E-state index is 0.329. The fraction of sp³-hybridized carbons (Fsp3) is 1.00. The summed E-state index contributed by atoms with van der Waals surface area (Å²) in [5.41, 5.74) is 10.9. The maximum atomic E-state index is 6.62. The van der Waals surface area contributed by atoms with Crippen molar-refractivity contribution in [3.05, 3.63) is 0 Å². The highest BCUT2D eigenvalue weighted by molar-refractivity contribution is 4.85. The van der Waals surface area contributed by atoms with E-state index in [1.54, 1.807) is 0 Å². The van der Waals surface area contributed by atoms with Gasteiger partial charge in [0, 0.05) is 12.8 Å². The van der Waals surface area contributed by atoms with Crippen LogP contribution in [0.5, 0.6) is 0 Å². The molecule has 0 aliphatic carbocycles. The van der Waals surface area contributed by atoms with Crippen LogP contribution < -0.4 is 11.5 Å². The maximum absolute atomic E-state index is 6.62. The second-order valence-corrected chi connectivity index (χ2v) is 5.57. The summed E-state index contributed by atoms with van der Waals surface area (Å²) in [6.45, 7) is 5.52. The molecule has 2 unspecified atom stereocenters. The molecule has 0 aromatic rings. The van der Waals surface area contributed by atoms with Crippen LogP contribution in [-0.2, 0) is 4.74 Å². The van der Waals surface area contributed by atoms with Crippen LogP contribution in [-0.4, -0.2) is 62.5 Å². The standard InChI is InChI=1S/C14H34N4O/c1-7-13(9-11-15,17(3)4)19-14(8-2,10-12-16)18(5)6/h7-12,15-16H2,1-6H3. The molecule has 0 rings (SSSR count). The van der Waals surface area contributed by atoms with E-state index in [0.29, 0.717) is 13.1 Å². The van der Waals surface area contributed by atoms with Gasteiger partial charge in [-0.1, -0.05) is 13.8 Å². The highest BCUT2D eigenvalue weighted by Crippen LogP contribution is 2.34. The summed E-state index contributed by atoms with van der Waals surface area (Å²) in [4.78, 5) is 4.29. The Balaban J connectivity index is 5.34. The Hall–Kier alpha value is -0.200. The molecule has 2 atom stereocenters. The van der Waals surface area contributed by atoms with Gasteiger partial charge in [-0.3, -0.25) is 9.80 Å². The number of rotatable bonds is 10. The molecule has 0 amide bonds. The van der Waals surface area contributed by atoms with Gasteiger partial charge in [0.15, 0.2) is 0 Å². The third-order valence-corrected chi connectivity index (χ3v) is 4.18. The monoisotopic (exact) mass is 274 g/mol. The summed E-state index contributed by atoms with van der Waals surface area (Å²) in [6.07, 6.45) is 3.43. The quantitative estimate of drug-likeness (QED) is 0.583. The Bertz CT molecular complexity index is 224. The molecule has 0 spiro atoms. The molecule has 0 fully saturated rings. The Morgan fingerprint density at radius 3 is 1.26 bits per heavy atom. The summed E-state index contributed by atoms with van der Waals surface area (Å²) >= 11 is 0. The zero-order valence-corrected chi connectivity index (χ0v) is 13.7. The van der Waals surface area contributed by atoms with Crippen LogP contribution in [0.4, 0.5) is 0 Å². The van der Waals surface area contributed by atoms with Crippen molar-refractivity contribution in [3.63, 3.8) is 0 Å². The van der Waals surface area contributed by atoms with Crippen LogP contribution in [0.3, 0.4) is 0 Å². The van der Waals surface area contributed by atoms with Gasteiger partial charge in [0.25, 0.3) is 0 Å². The zero-order valence-electron chi connectivity index (χ0n) is 13.7. The van der Waals surface area contributed by atoms with Gasteiger partial charge in [-0.2, -0.15) is 0 Å². The van der Waals surface area contributed by atoms with E-state index in [0.717, 1.165) is 25.7 Å². The van der Waals surface area contributed by atoms with Crippen molar-refractivity contribution in [2.75, 3.05) is 41.3 Å². The summed E-state index contributed by atoms with van der Waals surface area (Å²) in [7, 11) is 8.21. The first-order valence-electron chi connectivity index (χ1n) is 7.29. The first kappa shape index (κ1) is 18.8. The number of nitrogens with zero attached hydrogens (tertiary/aromatic N) is 2. The molecule has 0 saturated heterocycles. The van der Waals surface area contributed by atoms with Gasteiger partial charge in [-0.05, 0) is 54.1 Å². The third kappa shape index (κ3) is 4.39. The van der Waals surface area contributed by atoms with Gasteiger partial charge < -0.3 is 16.2 Å². The van der Waals surface area contributed by atoms with Crippen LogP contribution in [0.25, 0.3) is 0 Å². The molecule has 4 N–H and O–H groups in total. The molecule has 0 aromatic carbocycles. The van der Waals surface area contributed by atoms with Gasteiger partial charge in [0.2, 0.25) is 0 Å². The van der Waals surface area contributed by atoms with E-state index in [4.69, 9.17) is 16.2 Å². The van der Waals surface area contributed by atoms with E-state index in [9.17, 15) is 0 Å². The van der Waals surface area contributed by atoms with Gasteiger partial charge in [-0.25, -0.2) is 0 Å². The van der Waals surface area contributed by atoms with Crippen molar-refractivity contribution in [2.45, 2.75) is 51.0 Å². The lowest BCUT2D eigenvalue weighted by Crippen LogP contribution is -2.58. The van der Waals surface area contributed by atoms with Crippen LogP contribution in [0.15, 0.2) is 0 Å². The molecule has 0 saturated carbocycles. The average Bonchev–Trinajstić information content (AvgIpc) is 2.36. The van der Waals surface area contributed by atoms with Gasteiger partial charge in [0.05, 0.1) is 0 Å². The van der Waals surface area contributed by atoms with Crippen molar-refractivity contribution in [1.82, 2.24) is 9.80 Å². The van der Waals surface area contributed by atoms with E-state index < -0.39 is 0 Å². The number of hydrogen-bond donors (Lipinski definition) is 2.